The van der Waals surface area contributed by atoms with E-state index in [1.54, 1.807) is 37.4 Å². The summed E-state index contributed by atoms with van der Waals surface area (Å²) in [4.78, 5) is 0.108. The Labute approximate surface area is 177 Å². The minimum atomic E-state index is -3.96. The van der Waals surface area contributed by atoms with E-state index in [0.29, 0.717) is 16.3 Å². The fraction of sp³-hybridized carbons (Fsp3) is 0.0909. The van der Waals surface area contributed by atoms with E-state index in [4.69, 9.17) is 4.74 Å². The third kappa shape index (κ3) is 3.76. The lowest BCUT2D eigenvalue weighted by atomic mass is 10.2. The molecule has 4 aromatic rings. The maximum Gasteiger partial charge on any atom is 0.265 e. The third-order valence-electron chi connectivity index (χ3n) is 4.60. The van der Waals surface area contributed by atoms with Gasteiger partial charge in [0.2, 0.25) is 0 Å². The largest absolute Gasteiger partial charge is 0.495 e. The minimum Gasteiger partial charge on any atom is -0.495 e. The van der Waals surface area contributed by atoms with Crippen LogP contribution in [0, 0.1) is 11.6 Å². The summed E-state index contributed by atoms with van der Waals surface area (Å²) < 4.78 is 61.4. The number of rotatable bonds is 6. The second-order valence-corrected chi connectivity index (χ2v) is 9.43. The van der Waals surface area contributed by atoms with Gasteiger partial charge in [-0.15, -0.1) is 11.3 Å². The van der Waals surface area contributed by atoms with Gasteiger partial charge in [0.25, 0.3) is 10.0 Å². The summed E-state index contributed by atoms with van der Waals surface area (Å²) in [5.74, 6) is -1.38. The predicted octanol–water partition coefficient (Wildman–Crippen LogP) is 5.58. The van der Waals surface area contributed by atoms with Gasteiger partial charge in [-0.1, -0.05) is 36.4 Å². The Hall–Kier alpha value is -2.97. The Bertz CT molecular complexity index is 1300. The van der Waals surface area contributed by atoms with Crippen LogP contribution in [0.25, 0.3) is 10.1 Å². The molecule has 4 nitrogen and oxygen atoms in total. The number of halogens is 2. The summed E-state index contributed by atoms with van der Waals surface area (Å²) in [5, 5.41) is 1.27. The van der Waals surface area contributed by atoms with Crippen LogP contribution in [0.2, 0.25) is 0 Å². The van der Waals surface area contributed by atoms with Crippen LogP contribution in [-0.4, -0.2) is 15.5 Å². The van der Waals surface area contributed by atoms with Gasteiger partial charge in [-0.3, -0.25) is 4.31 Å². The van der Waals surface area contributed by atoms with Gasteiger partial charge in [0, 0.05) is 0 Å². The molecule has 0 saturated heterocycles. The van der Waals surface area contributed by atoms with Gasteiger partial charge in [0.05, 0.1) is 23.2 Å². The highest BCUT2D eigenvalue weighted by molar-refractivity contribution is 7.93. The number of nitrogens with zero attached hydrogens (tertiary/aromatic N) is 1. The number of ether oxygens (including phenoxy) is 1. The minimum absolute atomic E-state index is 0.108. The van der Waals surface area contributed by atoms with Crippen molar-refractivity contribution in [2.24, 2.45) is 0 Å². The fourth-order valence-electron chi connectivity index (χ4n) is 3.11. The molecule has 0 radical (unpaired) electrons. The number of benzene rings is 3. The summed E-state index contributed by atoms with van der Waals surface area (Å²) >= 11 is 1.26. The Balaban J connectivity index is 1.86. The molecule has 0 N–H and O–H groups in total. The predicted molar refractivity (Wildman–Crippen MR) is 115 cm³/mol. The Morgan fingerprint density at radius 1 is 0.933 bits per heavy atom. The van der Waals surface area contributed by atoms with Gasteiger partial charge in [-0.05, 0) is 47.3 Å². The van der Waals surface area contributed by atoms with E-state index in [2.05, 4.69) is 0 Å². The lowest BCUT2D eigenvalue weighted by molar-refractivity contribution is 0.420. The van der Waals surface area contributed by atoms with Gasteiger partial charge < -0.3 is 4.74 Å². The lowest BCUT2D eigenvalue weighted by Gasteiger charge is -2.23. The van der Waals surface area contributed by atoms with Crippen molar-refractivity contribution in [3.05, 3.63) is 90.0 Å². The van der Waals surface area contributed by atoms with Crippen molar-refractivity contribution in [1.29, 1.82) is 0 Å². The van der Waals surface area contributed by atoms with E-state index in [0.717, 1.165) is 22.2 Å². The molecular formula is C22H17F2NO3S2. The third-order valence-corrected chi connectivity index (χ3v) is 7.68. The zero-order chi connectivity index (χ0) is 21.3. The van der Waals surface area contributed by atoms with Crippen molar-refractivity contribution in [1.82, 2.24) is 0 Å². The van der Waals surface area contributed by atoms with E-state index < -0.39 is 21.7 Å². The topological polar surface area (TPSA) is 46.6 Å². The van der Waals surface area contributed by atoms with Crippen LogP contribution in [0.5, 0.6) is 5.75 Å². The number of sulfonamides is 1. The quantitative estimate of drug-likeness (QED) is 0.389. The lowest BCUT2D eigenvalue weighted by Crippen LogP contribution is -2.30. The maximum absolute atomic E-state index is 13.8. The molecule has 0 bridgehead atoms. The molecule has 1 aromatic heterocycles. The molecule has 0 saturated carbocycles. The molecule has 8 heteroatoms. The number of anilines is 1. The molecule has 4 rings (SSSR count). The molecule has 0 fully saturated rings. The number of fused-ring (bicyclic) bond motifs is 1. The summed E-state index contributed by atoms with van der Waals surface area (Å²) in [6.07, 6.45) is 0. The normalized spacial score (nSPS) is 11.6. The van der Waals surface area contributed by atoms with Crippen LogP contribution in [0.4, 0.5) is 13.8 Å². The molecule has 0 spiro atoms. The first-order valence-electron chi connectivity index (χ1n) is 8.98. The average molecular weight is 446 g/mol. The second kappa shape index (κ2) is 8.04. The SMILES string of the molecule is COc1cccc2cc(N(Cc3ccc(F)c(F)c3)S(=O)(=O)c3ccccc3)sc12. The Morgan fingerprint density at radius 2 is 1.70 bits per heavy atom. The molecular weight excluding hydrogens is 428 g/mol. The molecule has 0 unspecified atom stereocenters. The zero-order valence-corrected chi connectivity index (χ0v) is 17.5. The van der Waals surface area contributed by atoms with Gasteiger partial charge in [0.1, 0.15) is 10.8 Å². The molecule has 3 aromatic carbocycles. The Kier molecular flexibility index (Phi) is 5.44. The van der Waals surface area contributed by atoms with Crippen molar-refractivity contribution >= 4 is 36.4 Å². The van der Waals surface area contributed by atoms with Crippen LogP contribution in [0.3, 0.4) is 0 Å². The monoisotopic (exact) mass is 445 g/mol. The number of hydrogen-bond acceptors (Lipinski definition) is 4. The van der Waals surface area contributed by atoms with E-state index in [-0.39, 0.29) is 11.4 Å². The molecule has 154 valence electrons. The van der Waals surface area contributed by atoms with E-state index in [1.165, 1.54) is 33.8 Å². The summed E-state index contributed by atoms with van der Waals surface area (Å²) in [6.45, 7) is -0.149. The highest BCUT2D eigenvalue weighted by Crippen LogP contribution is 2.40. The first-order chi connectivity index (χ1) is 14.4. The highest BCUT2D eigenvalue weighted by atomic mass is 32.2. The zero-order valence-electron chi connectivity index (χ0n) is 15.9. The van der Waals surface area contributed by atoms with Crippen molar-refractivity contribution in [3.8, 4) is 5.75 Å². The summed E-state index contributed by atoms with van der Waals surface area (Å²) in [6, 6.07) is 18.6. The van der Waals surface area contributed by atoms with Crippen LogP contribution in [0.15, 0.2) is 77.7 Å². The molecule has 0 aliphatic carbocycles. The maximum atomic E-state index is 13.8. The van der Waals surface area contributed by atoms with Crippen LogP contribution in [-0.2, 0) is 16.6 Å². The number of methoxy groups -OCH3 is 1. The van der Waals surface area contributed by atoms with Gasteiger partial charge in [0.15, 0.2) is 11.6 Å². The van der Waals surface area contributed by atoms with Crippen molar-refractivity contribution < 1.29 is 21.9 Å². The van der Waals surface area contributed by atoms with E-state index in [9.17, 15) is 17.2 Å². The van der Waals surface area contributed by atoms with Gasteiger partial charge in [-0.2, -0.15) is 0 Å². The van der Waals surface area contributed by atoms with E-state index >= 15 is 0 Å². The molecule has 0 aliphatic rings. The highest BCUT2D eigenvalue weighted by Gasteiger charge is 2.27. The van der Waals surface area contributed by atoms with Crippen molar-refractivity contribution in [2.75, 3.05) is 11.4 Å². The van der Waals surface area contributed by atoms with Crippen LogP contribution in [0.1, 0.15) is 5.56 Å². The average Bonchev–Trinajstić information content (AvgIpc) is 3.18. The first kappa shape index (κ1) is 20.3. The molecule has 1 heterocycles. The number of thiophene rings is 1. The molecule has 30 heavy (non-hydrogen) atoms. The van der Waals surface area contributed by atoms with Crippen molar-refractivity contribution in [3.63, 3.8) is 0 Å². The molecule has 0 atom stereocenters. The fourth-order valence-corrected chi connectivity index (χ4v) is 5.94. The van der Waals surface area contributed by atoms with E-state index in [1.807, 2.05) is 12.1 Å². The smallest absolute Gasteiger partial charge is 0.265 e. The summed E-state index contributed by atoms with van der Waals surface area (Å²) in [7, 11) is -2.41. The standard InChI is InChI=1S/C22H17F2NO3S2/c1-28-20-9-5-6-16-13-21(29-22(16)20)25(14-15-10-11-18(23)19(24)12-15)30(26,27)17-7-3-2-4-8-17/h2-13H,14H2,1H3. The van der Waals surface area contributed by atoms with Gasteiger partial charge in [-0.25, -0.2) is 17.2 Å². The molecule has 0 aliphatic heterocycles. The summed E-state index contributed by atoms with van der Waals surface area (Å²) in [5.41, 5.74) is 0.331. The van der Waals surface area contributed by atoms with Crippen LogP contribution >= 0.6 is 11.3 Å². The van der Waals surface area contributed by atoms with Crippen LogP contribution < -0.4 is 9.04 Å². The van der Waals surface area contributed by atoms with Crippen molar-refractivity contribution in [2.45, 2.75) is 11.4 Å². The molecule has 0 amide bonds. The van der Waals surface area contributed by atoms with Gasteiger partial charge >= 0.3 is 0 Å². The second-order valence-electron chi connectivity index (χ2n) is 6.54. The number of hydrogen-bond donors (Lipinski definition) is 0. The Morgan fingerprint density at radius 3 is 2.40 bits per heavy atom. The first-order valence-corrected chi connectivity index (χ1v) is 11.2.